The number of carbonyl (C=O) groups is 2. The standard InChI is InChI=1S/C13H15BrN2O3/c1-13(2,12(18)19)7-16-10-5-8(14)3-4-9(10)15-6-11(16)17/h3-5,15H,6-7H2,1-2H3,(H,18,19). The first-order chi connectivity index (χ1) is 8.81. The zero-order chi connectivity index (χ0) is 14.2. The van der Waals surface area contributed by atoms with E-state index in [2.05, 4.69) is 21.2 Å². The van der Waals surface area contributed by atoms with Gasteiger partial charge in [0.05, 0.1) is 23.3 Å². The molecule has 0 aliphatic carbocycles. The predicted molar refractivity (Wildman–Crippen MR) is 76.4 cm³/mol. The lowest BCUT2D eigenvalue weighted by molar-refractivity contribution is -0.146. The maximum Gasteiger partial charge on any atom is 0.310 e. The van der Waals surface area contributed by atoms with Crippen LogP contribution in [0, 0.1) is 5.41 Å². The Balaban J connectivity index is 2.38. The minimum atomic E-state index is -0.993. The lowest BCUT2D eigenvalue weighted by Crippen LogP contribution is -2.47. The monoisotopic (exact) mass is 326 g/mol. The third-order valence-electron chi connectivity index (χ3n) is 3.11. The Morgan fingerprint density at radius 3 is 2.84 bits per heavy atom. The quantitative estimate of drug-likeness (QED) is 0.894. The molecule has 1 amide bonds. The van der Waals surface area contributed by atoms with E-state index in [4.69, 9.17) is 0 Å². The van der Waals surface area contributed by atoms with Gasteiger partial charge in [-0.2, -0.15) is 0 Å². The molecule has 1 aliphatic rings. The number of anilines is 2. The van der Waals surface area contributed by atoms with E-state index in [1.165, 1.54) is 4.90 Å². The SMILES string of the molecule is CC(C)(CN1C(=O)CNc2ccc(Br)cc21)C(=O)O. The normalized spacial score (nSPS) is 14.9. The molecule has 6 heteroatoms. The van der Waals surface area contributed by atoms with Gasteiger partial charge in [0, 0.05) is 11.0 Å². The largest absolute Gasteiger partial charge is 0.481 e. The van der Waals surface area contributed by atoms with Crippen molar-refractivity contribution in [2.45, 2.75) is 13.8 Å². The van der Waals surface area contributed by atoms with Gasteiger partial charge in [0.2, 0.25) is 5.91 Å². The van der Waals surface area contributed by atoms with E-state index in [0.29, 0.717) is 5.69 Å². The number of aliphatic carboxylic acids is 1. The Hall–Kier alpha value is -1.56. The van der Waals surface area contributed by atoms with Crippen molar-refractivity contribution in [3.63, 3.8) is 0 Å². The molecule has 0 saturated heterocycles. The Kier molecular flexibility index (Phi) is 3.54. The molecule has 0 saturated carbocycles. The van der Waals surface area contributed by atoms with Gasteiger partial charge in [-0.3, -0.25) is 9.59 Å². The molecule has 0 bridgehead atoms. The number of carbonyl (C=O) groups excluding carboxylic acids is 1. The summed E-state index contributed by atoms with van der Waals surface area (Å²) in [6, 6.07) is 5.56. The molecular weight excluding hydrogens is 312 g/mol. The number of benzene rings is 1. The van der Waals surface area contributed by atoms with E-state index in [9.17, 15) is 14.7 Å². The van der Waals surface area contributed by atoms with E-state index in [1.54, 1.807) is 13.8 Å². The fourth-order valence-electron chi connectivity index (χ4n) is 1.91. The average molecular weight is 327 g/mol. The molecule has 0 fully saturated rings. The van der Waals surface area contributed by atoms with E-state index < -0.39 is 11.4 Å². The molecule has 102 valence electrons. The maximum atomic E-state index is 12.0. The van der Waals surface area contributed by atoms with E-state index >= 15 is 0 Å². The first-order valence-corrected chi connectivity index (χ1v) is 6.68. The van der Waals surface area contributed by atoms with Crippen LogP contribution < -0.4 is 10.2 Å². The molecule has 19 heavy (non-hydrogen) atoms. The number of hydrogen-bond acceptors (Lipinski definition) is 3. The summed E-state index contributed by atoms with van der Waals surface area (Å²) in [7, 11) is 0. The number of carboxylic acid groups (broad SMARTS) is 1. The van der Waals surface area contributed by atoms with Crippen molar-refractivity contribution in [2.24, 2.45) is 5.41 Å². The van der Waals surface area contributed by atoms with Gasteiger partial charge < -0.3 is 15.3 Å². The summed E-state index contributed by atoms with van der Waals surface area (Å²) in [6.45, 7) is 3.56. The van der Waals surface area contributed by atoms with E-state index in [1.807, 2.05) is 18.2 Å². The fourth-order valence-corrected chi connectivity index (χ4v) is 2.26. The summed E-state index contributed by atoms with van der Waals surface area (Å²) in [6.07, 6.45) is 0. The highest BCUT2D eigenvalue weighted by atomic mass is 79.9. The van der Waals surface area contributed by atoms with Crippen molar-refractivity contribution < 1.29 is 14.7 Å². The van der Waals surface area contributed by atoms with Crippen molar-refractivity contribution in [2.75, 3.05) is 23.3 Å². The Morgan fingerprint density at radius 1 is 1.53 bits per heavy atom. The number of carboxylic acids is 1. The molecule has 1 aromatic carbocycles. The lowest BCUT2D eigenvalue weighted by Gasteiger charge is -2.34. The summed E-state index contributed by atoms with van der Waals surface area (Å²) in [5.74, 6) is -1.05. The Morgan fingerprint density at radius 2 is 2.21 bits per heavy atom. The topological polar surface area (TPSA) is 69.6 Å². The number of fused-ring (bicyclic) bond motifs is 1. The minimum absolute atomic E-state index is 0.125. The van der Waals surface area contributed by atoms with Crippen molar-refractivity contribution in [1.29, 1.82) is 0 Å². The van der Waals surface area contributed by atoms with Gasteiger partial charge in [-0.25, -0.2) is 0 Å². The second-order valence-corrected chi connectivity index (χ2v) is 6.10. The second kappa shape index (κ2) is 4.85. The van der Waals surface area contributed by atoms with Crippen molar-refractivity contribution >= 4 is 39.2 Å². The van der Waals surface area contributed by atoms with Crippen LogP contribution >= 0.6 is 15.9 Å². The Bertz CT molecular complexity index is 543. The van der Waals surface area contributed by atoms with Crippen LogP contribution in [0.25, 0.3) is 0 Å². The summed E-state index contributed by atoms with van der Waals surface area (Å²) < 4.78 is 0.848. The van der Waals surface area contributed by atoms with Crippen LogP contribution in [-0.2, 0) is 9.59 Å². The van der Waals surface area contributed by atoms with Crippen LogP contribution in [0.2, 0.25) is 0 Å². The van der Waals surface area contributed by atoms with Crippen LogP contribution in [0.5, 0.6) is 0 Å². The first-order valence-electron chi connectivity index (χ1n) is 5.88. The Labute approximate surface area is 119 Å². The molecule has 1 aromatic rings. The number of nitrogens with one attached hydrogen (secondary N) is 1. The zero-order valence-corrected chi connectivity index (χ0v) is 12.3. The number of halogens is 1. The van der Waals surface area contributed by atoms with E-state index in [0.717, 1.165) is 10.2 Å². The van der Waals surface area contributed by atoms with Gasteiger partial charge >= 0.3 is 5.97 Å². The van der Waals surface area contributed by atoms with Crippen LogP contribution in [0.4, 0.5) is 11.4 Å². The fraction of sp³-hybridized carbons (Fsp3) is 0.385. The number of rotatable bonds is 3. The van der Waals surface area contributed by atoms with Gasteiger partial charge in [0.25, 0.3) is 0 Å². The number of amides is 1. The van der Waals surface area contributed by atoms with Crippen LogP contribution in [0.15, 0.2) is 22.7 Å². The van der Waals surface area contributed by atoms with Gasteiger partial charge in [-0.05, 0) is 32.0 Å². The zero-order valence-electron chi connectivity index (χ0n) is 10.7. The van der Waals surface area contributed by atoms with Crippen LogP contribution in [0.3, 0.4) is 0 Å². The highest BCUT2D eigenvalue weighted by Crippen LogP contribution is 2.34. The molecule has 0 aromatic heterocycles. The number of nitrogens with zero attached hydrogens (tertiary/aromatic N) is 1. The van der Waals surface area contributed by atoms with Gasteiger partial charge in [-0.1, -0.05) is 15.9 Å². The molecule has 0 unspecified atom stereocenters. The summed E-state index contributed by atoms with van der Waals surface area (Å²) in [5, 5.41) is 12.2. The summed E-state index contributed by atoms with van der Waals surface area (Å²) in [5.41, 5.74) is 0.552. The third kappa shape index (κ3) is 2.73. The smallest absolute Gasteiger partial charge is 0.310 e. The van der Waals surface area contributed by atoms with Crippen molar-refractivity contribution in [3.05, 3.63) is 22.7 Å². The minimum Gasteiger partial charge on any atom is -0.481 e. The van der Waals surface area contributed by atoms with Gasteiger partial charge in [-0.15, -0.1) is 0 Å². The maximum absolute atomic E-state index is 12.0. The molecular formula is C13H15BrN2O3. The summed E-state index contributed by atoms with van der Waals surface area (Å²) >= 11 is 3.36. The molecule has 1 heterocycles. The van der Waals surface area contributed by atoms with Crippen molar-refractivity contribution in [1.82, 2.24) is 0 Å². The second-order valence-electron chi connectivity index (χ2n) is 5.18. The molecule has 0 spiro atoms. The van der Waals surface area contributed by atoms with Crippen molar-refractivity contribution in [3.8, 4) is 0 Å². The predicted octanol–water partition coefficient (Wildman–Crippen LogP) is 2.32. The average Bonchev–Trinajstić information content (AvgIpc) is 2.33. The molecule has 0 atom stereocenters. The third-order valence-corrected chi connectivity index (χ3v) is 3.61. The van der Waals surface area contributed by atoms with Gasteiger partial charge in [0.15, 0.2) is 0 Å². The van der Waals surface area contributed by atoms with Crippen LogP contribution in [-0.4, -0.2) is 30.1 Å². The van der Waals surface area contributed by atoms with Gasteiger partial charge in [0.1, 0.15) is 0 Å². The highest BCUT2D eigenvalue weighted by molar-refractivity contribution is 9.10. The molecule has 5 nitrogen and oxygen atoms in total. The molecule has 1 aliphatic heterocycles. The molecule has 0 radical (unpaired) electrons. The summed E-state index contributed by atoms with van der Waals surface area (Å²) in [4.78, 5) is 24.8. The number of hydrogen-bond donors (Lipinski definition) is 2. The molecule has 2 rings (SSSR count). The lowest BCUT2D eigenvalue weighted by atomic mass is 9.92. The van der Waals surface area contributed by atoms with Crippen LogP contribution in [0.1, 0.15) is 13.8 Å². The first kappa shape index (κ1) is 13.9. The molecule has 2 N–H and O–H groups in total. The van der Waals surface area contributed by atoms with E-state index in [-0.39, 0.29) is 19.0 Å². The highest BCUT2D eigenvalue weighted by Gasteiger charge is 2.34.